The van der Waals surface area contributed by atoms with Gasteiger partial charge in [-0.1, -0.05) is 12.1 Å². The van der Waals surface area contributed by atoms with Crippen molar-refractivity contribution in [2.75, 3.05) is 19.8 Å². The van der Waals surface area contributed by atoms with Crippen molar-refractivity contribution < 1.29 is 9.53 Å². The maximum absolute atomic E-state index is 12.0. The lowest BCUT2D eigenvalue weighted by molar-refractivity contribution is 0.0827. The van der Waals surface area contributed by atoms with Crippen LogP contribution < -0.4 is 10.5 Å². The van der Waals surface area contributed by atoms with Crippen LogP contribution in [0.3, 0.4) is 0 Å². The summed E-state index contributed by atoms with van der Waals surface area (Å²) in [5.74, 6) is 1.16. The van der Waals surface area contributed by atoms with Crippen LogP contribution in [0.1, 0.15) is 21.5 Å². The molecule has 2 N–H and O–H groups in total. The van der Waals surface area contributed by atoms with Gasteiger partial charge >= 0.3 is 0 Å². The number of anilines is 1. The second-order valence-electron chi connectivity index (χ2n) is 5.25. The highest BCUT2D eigenvalue weighted by Gasteiger charge is 2.12. The van der Waals surface area contributed by atoms with Crippen LogP contribution in [0, 0.1) is 13.8 Å². The number of carbonyl (C=O) groups is 1. The van der Waals surface area contributed by atoms with Crippen LogP contribution in [0.2, 0.25) is 0 Å². The Morgan fingerprint density at radius 3 is 2.48 bits per heavy atom. The third-order valence-electron chi connectivity index (χ3n) is 3.44. The van der Waals surface area contributed by atoms with E-state index in [9.17, 15) is 4.79 Å². The average Bonchev–Trinajstić information content (AvgIpc) is 2.45. The first-order chi connectivity index (χ1) is 9.90. The summed E-state index contributed by atoms with van der Waals surface area (Å²) in [6.07, 6.45) is 0. The minimum atomic E-state index is -0.0826. The van der Waals surface area contributed by atoms with Crippen molar-refractivity contribution in [2.45, 2.75) is 13.8 Å². The molecule has 0 radical (unpaired) electrons. The first kappa shape index (κ1) is 14.9. The van der Waals surface area contributed by atoms with E-state index in [1.807, 2.05) is 32.0 Å². The van der Waals surface area contributed by atoms with Crippen molar-refractivity contribution in [1.29, 1.82) is 0 Å². The Morgan fingerprint density at radius 2 is 1.81 bits per heavy atom. The van der Waals surface area contributed by atoms with Gasteiger partial charge in [0.25, 0.3) is 5.91 Å². The number of rotatable bonds is 3. The molecule has 0 heterocycles. The van der Waals surface area contributed by atoms with Gasteiger partial charge in [-0.05, 0) is 49.2 Å². The van der Waals surface area contributed by atoms with E-state index in [2.05, 4.69) is 0 Å². The molecule has 110 valence electrons. The van der Waals surface area contributed by atoms with Crippen LogP contribution >= 0.6 is 0 Å². The van der Waals surface area contributed by atoms with Gasteiger partial charge in [-0.25, -0.2) is 0 Å². The Balaban J connectivity index is 2.38. The number of nitrogens with zero attached hydrogens (tertiary/aromatic N) is 1. The van der Waals surface area contributed by atoms with Crippen LogP contribution in [-0.2, 0) is 0 Å². The van der Waals surface area contributed by atoms with Crippen LogP contribution in [0.15, 0.2) is 36.4 Å². The summed E-state index contributed by atoms with van der Waals surface area (Å²) in [6.45, 7) is 4.02. The number of nitrogen functional groups attached to an aromatic ring is 1. The van der Waals surface area contributed by atoms with Gasteiger partial charge in [0, 0.05) is 19.7 Å². The topological polar surface area (TPSA) is 55.6 Å². The maximum Gasteiger partial charge on any atom is 0.253 e. The molecule has 0 aliphatic heterocycles. The zero-order valence-electron chi connectivity index (χ0n) is 12.8. The van der Waals surface area contributed by atoms with Gasteiger partial charge in [0.15, 0.2) is 5.75 Å². The lowest BCUT2D eigenvalue weighted by Crippen LogP contribution is -2.21. The maximum atomic E-state index is 12.0. The number of hydrogen-bond acceptors (Lipinski definition) is 3. The van der Waals surface area contributed by atoms with E-state index in [-0.39, 0.29) is 5.91 Å². The molecule has 0 atom stereocenters. The fourth-order valence-corrected chi connectivity index (χ4v) is 1.97. The molecule has 0 unspecified atom stereocenters. The van der Waals surface area contributed by atoms with Gasteiger partial charge in [0.2, 0.25) is 0 Å². The van der Waals surface area contributed by atoms with Gasteiger partial charge in [-0.3, -0.25) is 4.79 Å². The number of carbonyl (C=O) groups excluding carboxylic acids is 1. The van der Waals surface area contributed by atoms with E-state index >= 15 is 0 Å². The lowest BCUT2D eigenvalue weighted by atomic mass is 10.1. The summed E-state index contributed by atoms with van der Waals surface area (Å²) in [4.78, 5) is 13.5. The van der Waals surface area contributed by atoms with Crippen LogP contribution in [0.25, 0.3) is 0 Å². The quantitative estimate of drug-likeness (QED) is 0.879. The van der Waals surface area contributed by atoms with Crippen molar-refractivity contribution in [2.24, 2.45) is 0 Å². The summed E-state index contributed by atoms with van der Waals surface area (Å²) in [5.41, 5.74) is 9.21. The second-order valence-corrected chi connectivity index (χ2v) is 5.25. The molecule has 4 heteroatoms. The van der Waals surface area contributed by atoms with Crippen molar-refractivity contribution in [3.63, 3.8) is 0 Å². The molecule has 0 bridgehead atoms. The smallest absolute Gasteiger partial charge is 0.253 e. The van der Waals surface area contributed by atoms with Crippen molar-refractivity contribution in [1.82, 2.24) is 4.90 Å². The molecule has 0 aliphatic rings. The van der Waals surface area contributed by atoms with Gasteiger partial charge in [0.05, 0.1) is 5.69 Å². The third kappa shape index (κ3) is 3.16. The largest absolute Gasteiger partial charge is 0.455 e. The Hall–Kier alpha value is -2.49. The molecular weight excluding hydrogens is 264 g/mol. The predicted octanol–water partition coefficient (Wildman–Crippen LogP) is 3.38. The number of amides is 1. The van der Waals surface area contributed by atoms with E-state index in [0.29, 0.717) is 17.0 Å². The first-order valence-electron chi connectivity index (χ1n) is 6.75. The summed E-state index contributed by atoms with van der Waals surface area (Å²) in [7, 11) is 3.42. The van der Waals surface area contributed by atoms with Gasteiger partial charge < -0.3 is 15.4 Å². The Kier molecular flexibility index (Phi) is 4.17. The predicted molar refractivity (Wildman–Crippen MR) is 84.9 cm³/mol. The summed E-state index contributed by atoms with van der Waals surface area (Å²) in [6, 6.07) is 10.9. The number of aryl methyl sites for hydroxylation is 1. The van der Waals surface area contributed by atoms with Crippen molar-refractivity contribution in [3.8, 4) is 11.5 Å². The highest BCUT2D eigenvalue weighted by atomic mass is 16.5. The minimum absolute atomic E-state index is 0.0826. The zero-order chi connectivity index (χ0) is 15.6. The zero-order valence-corrected chi connectivity index (χ0v) is 12.8. The molecule has 4 nitrogen and oxygen atoms in total. The number of hydrogen-bond donors (Lipinski definition) is 1. The SMILES string of the molecule is Cc1cccc(Oc2cc(C(=O)N(C)C)ccc2N)c1C. The molecule has 0 aromatic heterocycles. The number of ether oxygens (including phenoxy) is 1. The number of benzene rings is 2. The van der Waals surface area contributed by atoms with Crippen molar-refractivity contribution >= 4 is 11.6 Å². The highest BCUT2D eigenvalue weighted by molar-refractivity contribution is 5.94. The van der Waals surface area contributed by atoms with Crippen molar-refractivity contribution in [3.05, 3.63) is 53.1 Å². The molecule has 0 fully saturated rings. The van der Waals surface area contributed by atoms with E-state index in [0.717, 1.165) is 16.9 Å². The summed E-state index contributed by atoms with van der Waals surface area (Å²) in [5, 5.41) is 0. The molecule has 2 aromatic rings. The van der Waals surface area contributed by atoms with Gasteiger partial charge in [0.1, 0.15) is 5.75 Å². The van der Waals surface area contributed by atoms with Crippen LogP contribution in [0.5, 0.6) is 11.5 Å². The molecule has 2 rings (SSSR count). The highest BCUT2D eigenvalue weighted by Crippen LogP contribution is 2.31. The van der Waals surface area contributed by atoms with E-state index in [1.54, 1.807) is 32.3 Å². The monoisotopic (exact) mass is 284 g/mol. The molecule has 0 saturated carbocycles. The van der Waals surface area contributed by atoms with Crippen LogP contribution in [-0.4, -0.2) is 24.9 Å². The molecule has 0 spiro atoms. The normalized spacial score (nSPS) is 10.3. The molecule has 2 aromatic carbocycles. The summed E-state index contributed by atoms with van der Waals surface area (Å²) < 4.78 is 5.90. The Labute approximate surface area is 125 Å². The third-order valence-corrected chi connectivity index (χ3v) is 3.44. The fraction of sp³-hybridized carbons (Fsp3) is 0.235. The Bertz CT molecular complexity index is 678. The van der Waals surface area contributed by atoms with Gasteiger partial charge in [-0.15, -0.1) is 0 Å². The van der Waals surface area contributed by atoms with Crippen LogP contribution in [0.4, 0.5) is 5.69 Å². The van der Waals surface area contributed by atoms with E-state index in [4.69, 9.17) is 10.5 Å². The van der Waals surface area contributed by atoms with Gasteiger partial charge in [-0.2, -0.15) is 0 Å². The molecule has 0 saturated heterocycles. The number of nitrogens with two attached hydrogens (primary N) is 1. The van der Waals surface area contributed by atoms with E-state index < -0.39 is 0 Å². The molecule has 0 aliphatic carbocycles. The molecule has 21 heavy (non-hydrogen) atoms. The molecular formula is C17H20N2O2. The fourth-order valence-electron chi connectivity index (χ4n) is 1.97. The average molecular weight is 284 g/mol. The van der Waals surface area contributed by atoms with E-state index in [1.165, 1.54) is 4.90 Å². The standard InChI is InChI=1S/C17H20N2O2/c1-11-6-5-7-15(12(11)2)21-16-10-13(8-9-14(16)18)17(20)19(3)4/h5-10H,18H2,1-4H3. The Morgan fingerprint density at radius 1 is 1.10 bits per heavy atom. The minimum Gasteiger partial charge on any atom is -0.455 e. The second kappa shape index (κ2) is 5.87. The lowest BCUT2D eigenvalue weighted by Gasteiger charge is -2.15. The first-order valence-corrected chi connectivity index (χ1v) is 6.75. The summed E-state index contributed by atoms with van der Waals surface area (Å²) >= 11 is 0. The molecule has 1 amide bonds.